The van der Waals surface area contributed by atoms with Crippen molar-refractivity contribution in [3.05, 3.63) is 65.2 Å². The van der Waals surface area contributed by atoms with E-state index in [-0.39, 0.29) is 5.41 Å². The van der Waals surface area contributed by atoms with Crippen LogP contribution in [0.3, 0.4) is 0 Å². The molecular formula is C17H20FNO. The topological polar surface area (TPSA) is 33.1 Å². The van der Waals surface area contributed by atoms with Gasteiger partial charge < -0.3 is 5.11 Å². The van der Waals surface area contributed by atoms with Gasteiger partial charge in [-0.05, 0) is 28.7 Å². The Labute approximate surface area is 119 Å². The van der Waals surface area contributed by atoms with Crippen molar-refractivity contribution in [3.63, 3.8) is 0 Å². The van der Waals surface area contributed by atoms with E-state index in [0.29, 0.717) is 12.1 Å². The molecule has 0 fully saturated rings. The SMILES string of the molecule is CC(C)(C)c1ccc(CC(O)c2ccc(F)cn2)cc1. The lowest BCUT2D eigenvalue weighted by molar-refractivity contribution is 0.173. The van der Waals surface area contributed by atoms with Gasteiger partial charge in [-0.25, -0.2) is 4.39 Å². The van der Waals surface area contributed by atoms with Crippen molar-refractivity contribution in [3.8, 4) is 0 Å². The maximum atomic E-state index is 12.8. The summed E-state index contributed by atoms with van der Waals surface area (Å²) in [6.45, 7) is 6.50. The quantitative estimate of drug-likeness (QED) is 0.922. The molecule has 0 aliphatic heterocycles. The van der Waals surface area contributed by atoms with E-state index in [1.165, 1.54) is 17.7 Å². The summed E-state index contributed by atoms with van der Waals surface area (Å²) in [7, 11) is 0. The third-order valence-electron chi connectivity index (χ3n) is 3.34. The molecule has 0 aliphatic rings. The lowest BCUT2D eigenvalue weighted by atomic mass is 9.86. The maximum absolute atomic E-state index is 12.8. The number of aromatic nitrogens is 1. The van der Waals surface area contributed by atoms with Crippen LogP contribution in [0.1, 0.15) is 43.7 Å². The zero-order valence-corrected chi connectivity index (χ0v) is 12.1. The third-order valence-corrected chi connectivity index (χ3v) is 3.34. The van der Waals surface area contributed by atoms with Crippen LogP contribution in [-0.4, -0.2) is 10.1 Å². The van der Waals surface area contributed by atoms with Crippen LogP contribution in [0.5, 0.6) is 0 Å². The Kier molecular flexibility index (Phi) is 4.19. The van der Waals surface area contributed by atoms with Crippen LogP contribution in [0.15, 0.2) is 42.6 Å². The standard InChI is InChI=1S/C17H20FNO/c1-17(2,3)13-6-4-12(5-7-13)10-16(20)15-9-8-14(18)11-19-15/h4-9,11,16,20H,10H2,1-3H3. The molecule has 0 saturated carbocycles. The highest BCUT2D eigenvalue weighted by molar-refractivity contribution is 5.28. The fourth-order valence-electron chi connectivity index (χ4n) is 2.05. The number of aliphatic hydroxyl groups is 1. The van der Waals surface area contributed by atoms with Crippen molar-refractivity contribution in [2.75, 3.05) is 0 Å². The van der Waals surface area contributed by atoms with Gasteiger partial charge in [0.1, 0.15) is 5.82 Å². The van der Waals surface area contributed by atoms with Gasteiger partial charge in [-0.3, -0.25) is 4.98 Å². The molecule has 0 bridgehead atoms. The second-order valence-corrected chi connectivity index (χ2v) is 6.07. The van der Waals surface area contributed by atoms with Crippen LogP contribution in [0.4, 0.5) is 4.39 Å². The van der Waals surface area contributed by atoms with Gasteiger partial charge in [-0.1, -0.05) is 45.0 Å². The molecule has 1 atom stereocenters. The number of rotatable bonds is 3. The van der Waals surface area contributed by atoms with Gasteiger partial charge in [0.05, 0.1) is 18.0 Å². The van der Waals surface area contributed by atoms with Crippen molar-refractivity contribution >= 4 is 0 Å². The molecule has 1 unspecified atom stereocenters. The summed E-state index contributed by atoms with van der Waals surface area (Å²) in [5.74, 6) is -0.393. The molecule has 1 N–H and O–H groups in total. The van der Waals surface area contributed by atoms with E-state index in [4.69, 9.17) is 0 Å². The van der Waals surface area contributed by atoms with E-state index in [1.54, 1.807) is 0 Å². The monoisotopic (exact) mass is 273 g/mol. The summed E-state index contributed by atoms with van der Waals surface area (Å²) < 4.78 is 12.8. The summed E-state index contributed by atoms with van der Waals surface area (Å²) >= 11 is 0. The number of nitrogens with zero attached hydrogens (tertiary/aromatic N) is 1. The normalized spacial score (nSPS) is 13.2. The molecule has 2 rings (SSSR count). The first-order valence-corrected chi connectivity index (χ1v) is 6.75. The second kappa shape index (κ2) is 5.71. The Morgan fingerprint density at radius 3 is 2.25 bits per heavy atom. The van der Waals surface area contributed by atoms with E-state index in [2.05, 4.69) is 37.9 Å². The molecule has 0 saturated heterocycles. The molecule has 20 heavy (non-hydrogen) atoms. The van der Waals surface area contributed by atoms with Gasteiger partial charge in [-0.15, -0.1) is 0 Å². The lowest BCUT2D eigenvalue weighted by Gasteiger charge is -2.19. The fraction of sp³-hybridized carbons (Fsp3) is 0.353. The van der Waals surface area contributed by atoms with Crippen LogP contribution < -0.4 is 0 Å². The predicted octanol–water partition coefficient (Wildman–Crippen LogP) is 3.79. The molecule has 106 valence electrons. The first kappa shape index (κ1) is 14.7. The van der Waals surface area contributed by atoms with E-state index >= 15 is 0 Å². The maximum Gasteiger partial charge on any atom is 0.141 e. The molecule has 0 radical (unpaired) electrons. The van der Waals surface area contributed by atoms with Crippen LogP contribution in [0, 0.1) is 5.82 Å². The Balaban J connectivity index is 2.08. The van der Waals surface area contributed by atoms with E-state index in [9.17, 15) is 9.50 Å². The van der Waals surface area contributed by atoms with E-state index in [1.807, 2.05) is 12.1 Å². The minimum Gasteiger partial charge on any atom is -0.386 e. The molecular weight excluding hydrogens is 253 g/mol. The minimum absolute atomic E-state index is 0.121. The van der Waals surface area contributed by atoms with Crippen molar-refractivity contribution in [1.82, 2.24) is 4.98 Å². The van der Waals surface area contributed by atoms with E-state index in [0.717, 1.165) is 11.8 Å². The number of hydrogen-bond donors (Lipinski definition) is 1. The average molecular weight is 273 g/mol. The molecule has 0 amide bonds. The number of hydrogen-bond acceptors (Lipinski definition) is 2. The number of benzene rings is 1. The third kappa shape index (κ3) is 3.64. The predicted molar refractivity (Wildman–Crippen MR) is 78.0 cm³/mol. The summed E-state index contributed by atoms with van der Waals surface area (Å²) in [5, 5.41) is 10.1. The van der Waals surface area contributed by atoms with Crippen molar-refractivity contribution < 1.29 is 9.50 Å². The highest BCUT2D eigenvalue weighted by atomic mass is 19.1. The summed E-state index contributed by atoms with van der Waals surface area (Å²) in [6.07, 6.45) is 0.890. The zero-order valence-electron chi connectivity index (χ0n) is 12.1. The molecule has 1 aromatic carbocycles. The van der Waals surface area contributed by atoms with Crippen LogP contribution >= 0.6 is 0 Å². The van der Waals surface area contributed by atoms with Gasteiger partial charge in [-0.2, -0.15) is 0 Å². The molecule has 0 spiro atoms. The molecule has 2 nitrogen and oxygen atoms in total. The fourth-order valence-corrected chi connectivity index (χ4v) is 2.05. The van der Waals surface area contributed by atoms with Crippen LogP contribution in [0.25, 0.3) is 0 Å². The van der Waals surface area contributed by atoms with Gasteiger partial charge in [0.15, 0.2) is 0 Å². The van der Waals surface area contributed by atoms with Crippen molar-refractivity contribution in [2.45, 2.75) is 38.7 Å². The van der Waals surface area contributed by atoms with Crippen LogP contribution in [0.2, 0.25) is 0 Å². The van der Waals surface area contributed by atoms with Gasteiger partial charge in [0, 0.05) is 6.42 Å². The number of pyridine rings is 1. The Morgan fingerprint density at radius 2 is 1.75 bits per heavy atom. The largest absolute Gasteiger partial charge is 0.386 e. The summed E-state index contributed by atoms with van der Waals surface area (Å²) in [5.41, 5.74) is 2.91. The smallest absolute Gasteiger partial charge is 0.141 e. The first-order valence-electron chi connectivity index (χ1n) is 6.75. The average Bonchev–Trinajstić information content (AvgIpc) is 2.39. The molecule has 3 heteroatoms. The highest BCUT2D eigenvalue weighted by Crippen LogP contribution is 2.23. The Hall–Kier alpha value is -1.74. The second-order valence-electron chi connectivity index (χ2n) is 6.07. The van der Waals surface area contributed by atoms with Gasteiger partial charge in [0.2, 0.25) is 0 Å². The van der Waals surface area contributed by atoms with Crippen molar-refractivity contribution in [1.29, 1.82) is 0 Å². The lowest BCUT2D eigenvalue weighted by Crippen LogP contribution is -2.11. The molecule has 2 aromatic rings. The minimum atomic E-state index is -0.712. The molecule has 1 aromatic heterocycles. The summed E-state index contributed by atoms with van der Waals surface area (Å²) in [4.78, 5) is 3.91. The molecule has 0 aliphatic carbocycles. The van der Waals surface area contributed by atoms with Crippen LogP contribution in [-0.2, 0) is 11.8 Å². The summed E-state index contributed by atoms with van der Waals surface area (Å²) in [6, 6.07) is 11.0. The highest BCUT2D eigenvalue weighted by Gasteiger charge is 2.14. The van der Waals surface area contributed by atoms with Gasteiger partial charge >= 0.3 is 0 Å². The Bertz CT molecular complexity index is 555. The Morgan fingerprint density at radius 1 is 1.10 bits per heavy atom. The number of aliphatic hydroxyl groups excluding tert-OH is 1. The first-order chi connectivity index (χ1) is 9.36. The van der Waals surface area contributed by atoms with Gasteiger partial charge in [0.25, 0.3) is 0 Å². The molecule has 1 heterocycles. The zero-order chi connectivity index (χ0) is 14.8. The van der Waals surface area contributed by atoms with E-state index < -0.39 is 11.9 Å². The number of halogens is 1. The van der Waals surface area contributed by atoms with Crippen molar-refractivity contribution in [2.24, 2.45) is 0 Å².